The molecule has 1 amide bonds. The van der Waals surface area contributed by atoms with Gasteiger partial charge in [0.05, 0.1) is 23.9 Å². The van der Waals surface area contributed by atoms with Crippen molar-refractivity contribution in [2.75, 3.05) is 51.7 Å². The number of halogens is 2. The number of carbonyl (C=O) groups is 1. The minimum Gasteiger partial charge on any atom is -0.373 e. The van der Waals surface area contributed by atoms with Gasteiger partial charge in [-0.3, -0.25) is 9.78 Å². The fourth-order valence-electron chi connectivity index (χ4n) is 4.90. The number of nitrogens with zero attached hydrogens (tertiary/aromatic N) is 5. The van der Waals surface area contributed by atoms with Gasteiger partial charge in [0.2, 0.25) is 0 Å². The standard InChI is InChI=1S/C26H30F2N6O2/c1-33-10-6-18(7-11-33)17-2-4-19(5-3-17)21-14-22-23(30-9-8-29-22)25(32-21)31-15-20-16-34(12-13-36-20)26(35)24(27)28/h2-5,8-9,14,18,20,24H,6-7,10-13,15-16H2,1H3,(H,31,32)/t20-/m1/s1. The number of likely N-dealkylation sites (tertiary alicyclic amines) is 1. The number of anilines is 1. The average Bonchev–Trinajstić information content (AvgIpc) is 2.92. The molecule has 0 radical (unpaired) electrons. The lowest BCUT2D eigenvalue weighted by atomic mass is 9.89. The number of rotatable bonds is 6. The normalized spacial score (nSPS) is 19.7. The first-order valence-electron chi connectivity index (χ1n) is 12.3. The summed E-state index contributed by atoms with van der Waals surface area (Å²) >= 11 is 0. The molecule has 4 heterocycles. The molecular weight excluding hydrogens is 466 g/mol. The Balaban J connectivity index is 1.33. The van der Waals surface area contributed by atoms with E-state index in [1.165, 1.54) is 5.56 Å². The van der Waals surface area contributed by atoms with Crippen molar-refractivity contribution in [2.24, 2.45) is 0 Å². The number of ether oxygens (including phenoxy) is 1. The number of fused-ring (bicyclic) bond motifs is 1. The second-order valence-corrected chi connectivity index (χ2v) is 9.44. The van der Waals surface area contributed by atoms with Crippen LogP contribution in [0.5, 0.6) is 0 Å². The van der Waals surface area contributed by atoms with Crippen molar-refractivity contribution < 1.29 is 18.3 Å². The lowest BCUT2D eigenvalue weighted by molar-refractivity contribution is -0.149. The fraction of sp³-hybridized carbons (Fsp3) is 0.462. The quantitative estimate of drug-likeness (QED) is 0.560. The minimum absolute atomic E-state index is 0.0951. The maximum absolute atomic E-state index is 12.8. The predicted molar refractivity (Wildman–Crippen MR) is 133 cm³/mol. The molecule has 8 nitrogen and oxygen atoms in total. The summed E-state index contributed by atoms with van der Waals surface area (Å²) < 4.78 is 31.4. The van der Waals surface area contributed by atoms with Gasteiger partial charge >= 0.3 is 6.43 Å². The number of pyridine rings is 1. The Labute approximate surface area is 208 Å². The predicted octanol–water partition coefficient (Wildman–Crippen LogP) is 3.41. The van der Waals surface area contributed by atoms with Gasteiger partial charge in [0.15, 0.2) is 5.82 Å². The van der Waals surface area contributed by atoms with Gasteiger partial charge in [-0.1, -0.05) is 24.3 Å². The second kappa shape index (κ2) is 10.8. The molecule has 2 aromatic heterocycles. The van der Waals surface area contributed by atoms with Crippen LogP contribution in [0, 0.1) is 0 Å². The summed E-state index contributed by atoms with van der Waals surface area (Å²) in [6.45, 7) is 3.00. The Morgan fingerprint density at radius 3 is 2.64 bits per heavy atom. The van der Waals surface area contributed by atoms with Gasteiger partial charge in [0.1, 0.15) is 5.52 Å². The second-order valence-electron chi connectivity index (χ2n) is 9.44. The number of carbonyl (C=O) groups excluding carboxylic acids is 1. The molecule has 36 heavy (non-hydrogen) atoms. The van der Waals surface area contributed by atoms with E-state index in [1.807, 2.05) is 6.07 Å². The minimum atomic E-state index is -3.01. The molecule has 0 bridgehead atoms. The lowest BCUT2D eigenvalue weighted by Crippen LogP contribution is -2.49. The highest BCUT2D eigenvalue weighted by atomic mass is 19.3. The zero-order valence-electron chi connectivity index (χ0n) is 20.2. The maximum atomic E-state index is 12.8. The van der Waals surface area contributed by atoms with Crippen LogP contribution in [0.25, 0.3) is 22.3 Å². The summed E-state index contributed by atoms with van der Waals surface area (Å²) in [5.74, 6) is -0.0470. The van der Waals surface area contributed by atoms with Gasteiger partial charge in [-0.15, -0.1) is 0 Å². The maximum Gasteiger partial charge on any atom is 0.315 e. The zero-order chi connectivity index (χ0) is 25.1. The van der Waals surface area contributed by atoms with E-state index in [0.29, 0.717) is 29.3 Å². The Bertz CT molecular complexity index is 1200. The number of nitrogens with one attached hydrogen (secondary N) is 1. The van der Waals surface area contributed by atoms with Crippen molar-refractivity contribution in [1.29, 1.82) is 0 Å². The highest BCUT2D eigenvalue weighted by Gasteiger charge is 2.29. The molecule has 0 spiro atoms. The van der Waals surface area contributed by atoms with Crippen LogP contribution in [0.4, 0.5) is 14.6 Å². The van der Waals surface area contributed by atoms with Crippen LogP contribution in [-0.4, -0.2) is 89.6 Å². The molecule has 3 aromatic rings. The molecular formula is C26H30F2N6O2. The highest BCUT2D eigenvalue weighted by Crippen LogP contribution is 2.30. The first-order valence-corrected chi connectivity index (χ1v) is 12.3. The molecule has 10 heteroatoms. The lowest BCUT2D eigenvalue weighted by Gasteiger charge is -2.33. The fourth-order valence-corrected chi connectivity index (χ4v) is 4.90. The van der Waals surface area contributed by atoms with E-state index in [0.717, 1.165) is 42.1 Å². The van der Waals surface area contributed by atoms with Crippen molar-refractivity contribution in [3.63, 3.8) is 0 Å². The first-order chi connectivity index (χ1) is 17.5. The number of hydrogen-bond donors (Lipinski definition) is 1. The van der Waals surface area contributed by atoms with Crippen molar-refractivity contribution in [1.82, 2.24) is 24.8 Å². The largest absolute Gasteiger partial charge is 0.373 e. The van der Waals surface area contributed by atoms with Gasteiger partial charge in [-0.05, 0) is 50.5 Å². The van der Waals surface area contributed by atoms with E-state index in [2.05, 4.69) is 51.5 Å². The smallest absolute Gasteiger partial charge is 0.315 e. The van der Waals surface area contributed by atoms with Crippen LogP contribution in [0.2, 0.25) is 0 Å². The number of morpholine rings is 1. The number of benzene rings is 1. The molecule has 5 rings (SSSR count). The monoisotopic (exact) mass is 496 g/mol. The van der Waals surface area contributed by atoms with E-state index < -0.39 is 18.4 Å². The summed E-state index contributed by atoms with van der Waals surface area (Å²) in [4.78, 5) is 28.9. The molecule has 1 atom stereocenters. The number of alkyl halides is 2. The molecule has 2 saturated heterocycles. The summed E-state index contributed by atoms with van der Waals surface area (Å²) in [6.07, 6.45) is 2.12. The van der Waals surface area contributed by atoms with Gasteiger partial charge in [-0.25, -0.2) is 9.97 Å². The van der Waals surface area contributed by atoms with Crippen LogP contribution in [0.1, 0.15) is 24.3 Å². The number of hydrogen-bond acceptors (Lipinski definition) is 7. The SMILES string of the molecule is CN1CCC(c2ccc(-c3cc4nccnc4c(NC[C@@H]4CN(C(=O)C(F)F)CCO4)n3)cc2)CC1. The number of piperidine rings is 1. The highest BCUT2D eigenvalue weighted by molar-refractivity contribution is 5.88. The summed E-state index contributed by atoms with van der Waals surface area (Å²) in [5, 5.41) is 3.25. The Morgan fingerprint density at radius 1 is 1.14 bits per heavy atom. The van der Waals surface area contributed by atoms with Crippen molar-refractivity contribution in [2.45, 2.75) is 31.3 Å². The van der Waals surface area contributed by atoms with E-state index in [1.54, 1.807) is 12.4 Å². The van der Waals surface area contributed by atoms with Crippen LogP contribution in [0.3, 0.4) is 0 Å². The van der Waals surface area contributed by atoms with E-state index in [4.69, 9.17) is 9.72 Å². The van der Waals surface area contributed by atoms with E-state index in [-0.39, 0.29) is 19.7 Å². The van der Waals surface area contributed by atoms with Crippen molar-refractivity contribution >= 4 is 22.8 Å². The van der Waals surface area contributed by atoms with Crippen LogP contribution in [-0.2, 0) is 9.53 Å². The summed E-state index contributed by atoms with van der Waals surface area (Å²) in [7, 11) is 2.17. The molecule has 0 unspecified atom stereocenters. The third-order valence-electron chi connectivity index (χ3n) is 6.99. The van der Waals surface area contributed by atoms with Gasteiger partial charge in [-0.2, -0.15) is 8.78 Å². The van der Waals surface area contributed by atoms with Crippen molar-refractivity contribution in [3.05, 3.63) is 48.3 Å². The van der Waals surface area contributed by atoms with E-state index in [9.17, 15) is 13.6 Å². The molecule has 190 valence electrons. The third kappa shape index (κ3) is 5.44. The van der Waals surface area contributed by atoms with Crippen LogP contribution in [0.15, 0.2) is 42.7 Å². The number of amides is 1. The zero-order valence-corrected chi connectivity index (χ0v) is 20.2. The van der Waals surface area contributed by atoms with Gasteiger partial charge < -0.3 is 19.9 Å². The molecule has 1 aromatic carbocycles. The first kappa shape index (κ1) is 24.5. The average molecular weight is 497 g/mol. The molecule has 2 aliphatic rings. The van der Waals surface area contributed by atoms with Crippen LogP contribution < -0.4 is 5.32 Å². The molecule has 1 N–H and O–H groups in total. The van der Waals surface area contributed by atoms with Gasteiger partial charge in [0.25, 0.3) is 5.91 Å². The molecule has 0 aliphatic carbocycles. The van der Waals surface area contributed by atoms with Gasteiger partial charge in [0, 0.05) is 37.6 Å². The molecule has 2 fully saturated rings. The Hall–Kier alpha value is -3.24. The molecule has 2 aliphatic heterocycles. The Morgan fingerprint density at radius 2 is 1.89 bits per heavy atom. The van der Waals surface area contributed by atoms with Crippen molar-refractivity contribution in [3.8, 4) is 11.3 Å². The molecule has 0 saturated carbocycles. The summed E-state index contributed by atoms with van der Waals surface area (Å²) in [5.41, 5.74) is 4.40. The topological polar surface area (TPSA) is 83.5 Å². The van der Waals surface area contributed by atoms with E-state index >= 15 is 0 Å². The third-order valence-corrected chi connectivity index (χ3v) is 6.99. The Kier molecular flexibility index (Phi) is 7.33. The number of aromatic nitrogens is 3. The summed E-state index contributed by atoms with van der Waals surface area (Å²) in [6, 6.07) is 10.5. The van der Waals surface area contributed by atoms with Crippen LogP contribution >= 0.6 is 0 Å².